The van der Waals surface area contributed by atoms with Gasteiger partial charge in [0.1, 0.15) is 17.4 Å². The molecule has 2 aromatic rings. The second-order valence-corrected chi connectivity index (χ2v) is 7.18. The number of hydrogen-bond donors (Lipinski definition) is 0. The summed E-state index contributed by atoms with van der Waals surface area (Å²) < 4.78 is 17.2. The Morgan fingerprint density at radius 1 is 1.33 bits per heavy atom. The lowest BCUT2D eigenvalue weighted by atomic mass is 10.00. The molecule has 0 aliphatic carbocycles. The van der Waals surface area contributed by atoms with Crippen molar-refractivity contribution in [3.63, 3.8) is 0 Å². The monoisotopic (exact) mass is 329 g/mol. The van der Waals surface area contributed by atoms with Gasteiger partial charge in [0.2, 0.25) is 5.89 Å². The highest BCUT2D eigenvalue weighted by Crippen LogP contribution is 2.39. The lowest BCUT2D eigenvalue weighted by Gasteiger charge is -2.33. The van der Waals surface area contributed by atoms with E-state index in [1.807, 2.05) is 6.92 Å². The fourth-order valence-corrected chi connectivity index (χ4v) is 3.53. The van der Waals surface area contributed by atoms with Crippen molar-refractivity contribution in [3.8, 4) is 5.75 Å². The molecule has 1 fully saturated rings. The van der Waals surface area contributed by atoms with E-state index in [4.69, 9.17) is 14.0 Å². The Balaban J connectivity index is 1.59. The van der Waals surface area contributed by atoms with Gasteiger partial charge in [-0.1, -0.05) is 23.4 Å². The van der Waals surface area contributed by atoms with Crippen molar-refractivity contribution in [2.45, 2.75) is 45.4 Å². The number of fused-ring (bicyclic) bond motifs is 1. The number of ether oxygens (including phenoxy) is 2. The van der Waals surface area contributed by atoms with Gasteiger partial charge in [0.25, 0.3) is 0 Å². The first-order valence-corrected chi connectivity index (χ1v) is 8.44. The second-order valence-electron chi connectivity index (χ2n) is 7.18. The fraction of sp³-hybridized carbons (Fsp3) is 0.556. The molecule has 3 heterocycles. The van der Waals surface area contributed by atoms with Gasteiger partial charge >= 0.3 is 0 Å². The summed E-state index contributed by atoms with van der Waals surface area (Å²) in [6, 6.07) is 6.41. The van der Waals surface area contributed by atoms with Crippen molar-refractivity contribution in [1.29, 1.82) is 0 Å². The lowest BCUT2D eigenvalue weighted by Crippen LogP contribution is -2.39. The molecule has 6 heteroatoms. The molecule has 4 rings (SSSR count). The minimum absolute atomic E-state index is 0.00906. The van der Waals surface area contributed by atoms with E-state index in [1.54, 1.807) is 0 Å². The van der Waals surface area contributed by atoms with E-state index in [2.05, 4.69) is 47.1 Å². The minimum atomic E-state index is -0.132. The van der Waals surface area contributed by atoms with Crippen molar-refractivity contribution in [1.82, 2.24) is 15.0 Å². The summed E-state index contributed by atoms with van der Waals surface area (Å²) in [6.07, 6.45) is 0.950. The third kappa shape index (κ3) is 2.91. The molecule has 1 saturated heterocycles. The molecule has 1 aromatic heterocycles. The van der Waals surface area contributed by atoms with Gasteiger partial charge in [-0.2, -0.15) is 4.98 Å². The first-order chi connectivity index (χ1) is 11.5. The van der Waals surface area contributed by atoms with Gasteiger partial charge in [0.15, 0.2) is 5.82 Å². The Hall–Kier alpha value is -1.92. The quantitative estimate of drug-likeness (QED) is 0.863. The standard InChI is InChI=1S/C18H23N3O3/c1-12-19-17(24-20-12)15-11-22-8-7-21(15)10-14-6-4-5-13-9-18(2,3)23-16(13)14/h4-6,15H,7-11H2,1-3H3/t15-/m1/s1. The van der Waals surface area contributed by atoms with Crippen molar-refractivity contribution in [2.75, 3.05) is 19.8 Å². The predicted molar refractivity (Wildman–Crippen MR) is 87.9 cm³/mol. The Labute approximate surface area is 141 Å². The van der Waals surface area contributed by atoms with Crippen molar-refractivity contribution >= 4 is 0 Å². The zero-order chi connectivity index (χ0) is 16.7. The first kappa shape index (κ1) is 15.6. The Morgan fingerprint density at radius 2 is 2.21 bits per heavy atom. The van der Waals surface area contributed by atoms with E-state index < -0.39 is 0 Å². The molecule has 0 saturated carbocycles. The van der Waals surface area contributed by atoms with Crippen LogP contribution in [0, 0.1) is 6.92 Å². The van der Waals surface area contributed by atoms with Gasteiger partial charge in [-0.3, -0.25) is 4.90 Å². The van der Waals surface area contributed by atoms with Gasteiger partial charge < -0.3 is 14.0 Å². The third-order valence-corrected chi connectivity index (χ3v) is 4.61. The molecule has 1 atom stereocenters. The van der Waals surface area contributed by atoms with E-state index in [9.17, 15) is 0 Å². The largest absolute Gasteiger partial charge is 0.487 e. The SMILES string of the molecule is Cc1noc([C@H]2COCCN2Cc2cccc3c2OC(C)(C)C3)n1. The van der Waals surface area contributed by atoms with Gasteiger partial charge in [0.05, 0.1) is 13.2 Å². The smallest absolute Gasteiger partial charge is 0.246 e. The number of morpholine rings is 1. The van der Waals surface area contributed by atoms with Gasteiger partial charge in [-0.05, 0) is 26.3 Å². The highest BCUT2D eigenvalue weighted by atomic mass is 16.5. The third-order valence-electron chi connectivity index (χ3n) is 4.61. The molecule has 0 unspecified atom stereocenters. The normalized spacial score (nSPS) is 23.0. The van der Waals surface area contributed by atoms with Crippen LogP contribution in [0.1, 0.15) is 42.7 Å². The summed E-state index contributed by atoms with van der Waals surface area (Å²) in [5.41, 5.74) is 2.36. The Bertz CT molecular complexity index is 741. The van der Waals surface area contributed by atoms with E-state index in [0.717, 1.165) is 25.3 Å². The highest BCUT2D eigenvalue weighted by Gasteiger charge is 2.34. The van der Waals surface area contributed by atoms with Crippen LogP contribution < -0.4 is 4.74 Å². The van der Waals surface area contributed by atoms with Gasteiger partial charge in [-0.15, -0.1) is 0 Å². The zero-order valence-corrected chi connectivity index (χ0v) is 14.4. The molecule has 2 aliphatic heterocycles. The van der Waals surface area contributed by atoms with Crippen LogP contribution in [0.4, 0.5) is 0 Å². The summed E-state index contributed by atoms with van der Waals surface area (Å²) in [5.74, 6) is 2.32. The van der Waals surface area contributed by atoms with E-state index >= 15 is 0 Å². The molecule has 24 heavy (non-hydrogen) atoms. The summed E-state index contributed by atoms with van der Waals surface area (Å²) in [7, 11) is 0. The maximum absolute atomic E-state index is 6.20. The maximum atomic E-state index is 6.20. The topological polar surface area (TPSA) is 60.6 Å². The summed E-state index contributed by atoms with van der Waals surface area (Å²) in [4.78, 5) is 6.73. The minimum Gasteiger partial charge on any atom is -0.487 e. The molecule has 1 aromatic carbocycles. The van der Waals surface area contributed by atoms with Crippen LogP contribution in [0.3, 0.4) is 0 Å². The number of aromatic nitrogens is 2. The highest BCUT2D eigenvalue weighted by molar-refractivity contribution is 5.45. The van der Waals surface area contributed by atoms with E-state index in [1.165, 1.54) is 11.1 Å². The number of hydrogen-bond acceptors (Lipinski definition) is 6. The maximum Gasteiger partial charge on any atom is 0.246 e. The number of aryl methyl sites for hydroxylation is 1. The molecule has 2 aliphatic rings. The summed E-state index contributed by atoms with van der Waals surface area (Å²) >= 11 is 0. The Morgan fingerprint density at radius 3 is 3.00 bits per heavy atom. The van der Waals surface area contributed by atoms with E-state index in [0.29, 0.717) is 24.9 Å². The molecule has 0 bridgehead atoms. The molecule has 0 radical (unpaired) electrons. The molecular weight excluding hydrogens is 306 g/mol. The van der Waals surface area contributed by atoms with Crippen LogP contribution in [0.5, 0.6) is 5.75 Å². The predicted octanol–water partition coefficient (Wildman–Crippen LogP) is 2.67. The number of nitrogens with zero attached hydrogens (tertiary/aromatic N) is 3. The summed E-state index contributed by atoms with van der Waals surface area (Å²) in [5, 5.41) is 3.92. The average Bonchev–Trinajstić information content (AvgIpc) is 3.10. The van der Waals surface area contributed by atoms with Crippen LogP contribution in [0.2, 0.25) is 0 Å². The first-order valence-electron chi connectivity index (χ1n) is 8.44. The fourth-order valence-electron chi connectivity index (χ4n) is 3.53. The van der Waals surface area contributed by atoms with Crippen molar-refractivity contribution < 1.29 is 14.0 Å². The van der Waals surface area contributed by atoms with Crippen molar-refractivity contribution in [2.24, 2.45) is 0 Å². The second kappa shape index (κ2) is 5.86. The van der Waals surface area contributed by atoms with Crippen molar-refractivity contribution in [3.05, 3.63) is 41.0 Å². The van der Waals surface area contributed by atoms with Gasteiger partial charge in [-0.25, -0.2) is 0 Å². The van der Waals surface area contributed by atoms with Crippen LogP contribution in [-0.4, -0.2) is 40.4 Å². The number of para-hydroxylation sites is 1. The molecule has 128 valence electrons. The lowest BCUT2D eigenvalue weighted by molar-refractivity contribution is -0.0245. The van der Waals surface area contributed by atoms with Gasteiger partial charge in [0, 0.05) is 25.1 Å². The Kier molecular flexibility index (Phi) is 3.81. The average molecular weight is 329 g/mol. The number of rotatable bonds is 3. The molecule has 0 spiro atoms. The van der Waals surface area contributed by atoms with Crippen LogP contribution >= 0.6 is 0 Å². The van der Waals surface area contributed by atoms with E-state index in [-0.39, 0.29) is 11.6 Å². The van der Waals surface area contributed by atoms with Crippen LogP contribution in [0.25, 0.3) is 0 Å². The molecule has 0 N–H and O–H groups in total. The number of benzene rings is 1. The van der Waals surface area contributed by atoms with Crippen LogP contribution in [-0.2, 0) is 17.7 Å². The molecule has 0 amide bonds. The van der Waals surface area contributed by atoms with Crippen LogP contribution in [0.15, 0.2) is 22.7 Å². The molecular formula is C18H23N3O3. The summed E-state index contributed by atoms with van der Waals surface area (Å²) in [6.45, 7) is 9.01. The zero-order valence-electron chi connectivity index (χ0n) is 14.4. The molecule has 6 nitrogen and oxygen atoms in total.